The lowest BCUT2D eigenvalue weighted by Gasteiger charge is -2.20. The predicted octanol–water partition coefficient (Wildman–Crippen LogP) is 0.193. The average molecular weight is 182 g/mol. The Balaban J connectivity index is 2.43. The maximum absolute atomic E-state index is 11.3. The molecule has 0 bridgehead atoms. The van der Waals surface area contributed by atoms with E-state index < -0.39 is 0 Å². The monoisotopic (exact) mass is 182 g/mol. The third-order valence-electron chi connectivity index (χ3n) is 1.29. The normalized spacial score (nSPS) is 11.3. The second-order valence-electron chi connectivity index (χ2n) is 3.89. The number of carbonyl (C=O) groups is 1. The summed E-state index contributed by atoms with van der Waals surface area (Å²) in [6, 6.07) is 0. The summed E-state index contributed by atoms with van der Waals surface area (Å²) < 4.78 is 1.49. The van der Waals surface area contributed by atoms with Gasteiger partial charge in [-0.2, -0.15) is 5.10 Å². The number of aromatic nitrogens is 3. The number of hydrogen-bond donors (Lipinski definition) is 1. The van der Waals surface area contributed by atoms with Crippen LogP contribution in [0.1, 0.15) is 20.8 Å². The Morgan fingerprint density at radius 1 is 1.54 bits per heavy atom. The highest BCUT2D eigenvalue weighted by molar-refractivity contribution is 5.76. The highest BCUT2D eigenvalue weighted by atomic mass is 16.2. The van der Waals surface area contributed by atoms with Gasteiger partial charge in [0.1, 0.15) is 19.2 Å². The Kier molecular flexibility index (Phi) is 2.65. The summed E-state index contributed by atoms with van der Waals surface area (Å²) >= 11 is 0. The van der Waals surface area contributed by atoms with Crippen molar-refractivity contribution in [3.05, 3.63) is 12.7 Å². The predicted molar refractivity (Wildman–Crippen MR) is 47.9 cm³/mol. The van der Waals surface area contributed by atoms with E-state index >= 15 is 0 Å². The largest absolute Gasteiger partial charge is 0.350 e. The maximum Gasteiger partial charge on any atom is 0.242 e. The van der Waals surface area contributed by atoms with Gasteiger partial charge in [0.05, 0.1) is 0 Å². The van der Waals surface area contributed by atoms with Gasteiger partial charge in [0.25, 0.3) is 0 Å². The molecule has 5 heteroatoms. The standard InChI is InChI=1S/C8H14N4O/c1-8(2,3)11-7(13)4-12-6-9-5-10-12/h5-6H,4H2,1-3H3,(H,11,13). The molecule has 72 valence electrons. The van der Waals surface area contributed by atoms with Crippen LogP contribution >= 0.6 is 0 Å². The summed E-state index contributed by atoms with van der Waals surface area (Å²) in [5.74, 6) is -0.0574. The van der Waals surface area contributed by atoms with Crippen molar-refractivity contribution in [2.45, 2.75) is 32.9 Å². The molecule has 0 saturated carbocycles. The smallest absolute Gasteiger partial charge is 0.242 e. The molecule has 1 aromatic rings. The van der Waals surface area contributed by atoms with E-state index in [2.05, 4.69) is 15.4 Å². The lowest BCUT2D eigenvalue weighted by Crippen LogP contribution is -2.42. The molecule has 0 atom stereocenters. The van der Waals surface area contributed by atoms with Gasteiger partial charge in [0.15, 0.2) is 0 Å². The van der Waals surface area contributed by atoms with Crippen LogP contribution in [0.4, 0.5) is 0 Å². The third kappa shape index (κ3) is 3.68. The van der Waals surface area contributed by atoms with Crippen LogP contribution in [0.2, 0.25) is 0 Å². The van der Waals surface area contributed by atoms with Gasteiger partial charge in [-0.3, -0.25) is 4.79 Å². The van der Waals surface area contributed by atoms with Gasteiger partial charge >= 0.3 is 0 Å². The van der Waals surface area contributed by atoms with Gasteiger partial charge in [0, 0.05) is 5.54 Å². The van der Waals surface area contributed by atoms with E-state index in [9.17, 15) is 4.79 Å². The van der Waals surface area contributed by atoms with E-state index in [-0.39, 0.29) is 18.0 Å². The third-order valence-corrected chi connectivity index (χ3v) is 1.29. The summed E-state index contributed by atoms with van der Waals surface area (Å²) in [6.45, 7) is 6.03. The van der Waals surface area contributed by atoms with Crippen molar-refractivity contribution in [3.8, 4) is 0 Å². The topological polar surface area (TPSA) is 59.8 Å². The first-order valence-corrected chi connectivity index (χ1v) is 4.11. The van der Waals surface area contributed by atoms with Crippen molar-refractivity contribution in [3.63, 3.8) is 0 Å². The van der Waals surface area contributed by atoms with Crippen LogP contribution < -0.4 is 5.32 Å². The molecule has 0 fully saturated rings. The second-order valence-corrected chi connectivity index (χ2v) is 3.89. The van der Waals surface area contributed by atoms with Crippen LogP contribution in [0.5, 0.6) is 0 Å². The number of amides is 1. The average Bonchev–Trinajstić information content (AvgIpc) is 2.34. The molecule has 1 N–H and O–H groups in total. The summed E-state index contributed by atoms with van der Waals surface area (Å²) in [5, 5.41) is 6.66. The summed E-state index contributed by atoms with van der Waals surface area (Å²) in [7, 11) is 0. The molecule has 5 nitrogen and oxygen atoms in total. The number of rotatable bonds is 2. The van der Waals surface area contributed by atoms with Crippen molar-refractivity contribution < 1.29 is 4.79 Å². The van der Waals surface area contributed by atoms with Crippen molar-refractivity contribution in [1.29, 1.82) is 0 Å². The summed E-state index contributed by atoms with van der Waals surface area (Å²) in [5.41, 5.74) is -0.197. The molecule has 1 aromatic heterocycles. The molecule has 0 saturated heterocycles. The molecule has 0 unspecified atom stereocenters. The summed E-state index contributed by atoms with van der Waals surface area (Å²) in [4.78, 5) is 15.1. The molecule has 1 heterocycles. The molecule has 0 spiro atoms. The van der Waals surface area contributed by atoms with E-state index in [1.807, 2.05) is 20.8 Å². The Morgan fingerprint density at radius 3 is 2.69 bits per heavy atom. The van der Waals surface area contributed by atoms with Gasteiger partial charge in [-0.05, 0) is 20.8 Å². The van der Waals surface area contributed by atoms with E-state index in [1.54, 1.807) is 0 Å². The molecule has 0 aliphatic heterocycles. The fourth-order valence-corrected chi connectivity index (χ4v) is 0.919. The molecule has 1 amide bonds. The van der Waals surface area contributed by atoms with Gasteiger partial charge in [-0.25, -0.2) is 9.67 Å². The summed E-state index contributed by atoms with van der Waals surface area (Å²) in [6.07, 6.45) is 2.92. The number of nitrogens with one attached hydrogen (secondary N) is 1. The Bertz CT molecular complexity index is 273. The molecule has 0 radical (unpaired) electrons. The Labute approximate surface area is 77.2 Å². The van der Waals surface area contributed by atoms with Crippen molar-refractivity contribution in [2.75, 3.05) is 0 Å². The molecule has 0 aromatic carbocycles. The van der Waals surface area contributed by atoms with E-state index in [0.29, 0.717) is 0 Å². The quantitative estimate of drug-likeness (QED) is 0.710. The zero-order chi connectivity index (χ0) is 9.90. The highest BCUT2D eigenvalue weighted by Gasteiger charge is 2.13. The SMILES string of the molecule is CC(C)(C)NC(=O)Cn1cncn1. The Morgan fingerprint density at radius 2 is 2.23 bits per heavy atom. The molecular formula is C8H14N4O. The molecule has 13 heavy (non-hydrogen) atoms. The van der Waals surface area contributed by atoms with Crippen LogP contribution in [-0.2, 0) is 11.3 Å². The minimum atomic E-state index is -0.197. The maximum atomic E-state index is 11.3. The number of nitrogens with zero attached hydrogens (tertiary/aromatic N) is 3. The lowest BCUT2D eigenvalue weighted by molar-refractivity contribution is -0.123. The first-order valence-electron chi connectivity index (χ1n) is 4.11. The minimum absolute atomic E-state index is 0.0574. The van der Waals surface area contributed by atoms with Crippen molar-refractivity contribution in [2.24, 2.45) is 0 Å². The van der Waals surface area contributed by atoms with Crippen LogP contribution in [0, 0.1) is 0 Å². The van der Waals surface area contributed by atoms with Gasteiger partial charge in [-0.15, -0.1) is 0 Å². The zero-order valence-electron chi connectivity index (χ0n) is 8.11. The fraction of sp³-hybridized carbons (Fsp3) is 0.625. The van der Waals surface area contributed by atoms with Crippen molar-refractivity contribution in [1.82, 2.24) is 20.1 Å². The zero-order valence-corrected chi connectivity index (χ0v) is 8.11. The number of hydrogen-bond acceptors (Lipinski definition) is 3. The van der Waals surface area contributed by atoms with Crippen LogP contribution in [0.3, 0.4) is 0 Å². The molecule has 0 aliphatic carbocycles. The van der Waals surface area contributed by atoms with E-state index in [4.69, 9.17) is 0 Å². The first kappa shape index (κ1) is 9.70. The number of carbonyl (C=O) groups excluding carboxylic acids is 1. The minimum Gasteiger partial charge on any atom is -0.350 e. The molecular weight excluding hydrogens is 168 g/mol. The van der Waals surface area contributed by atoms with Crippen LogP contribution in [-0.4, -0.2) is 26.2 Å². The molecule has 1 rings (SSSR count). The second kappa shape index (κ2) is 3.55. The fourth-order valence-electron chi connectivity index (χ4n) is 0.919. The highest BCUT2D eigenvalue weighted by Crippen LogP contribution is 1.98. The Hall–Kier alpha value is -1.39. The van der Waals surface area contributed by atoms with Gasteiger partial charge in [-0.1, -0.05) is 0 Å². The van der Waals surface area contributed by atoms with Crippen LogP contribution in [0.15, 0.2) is 12.7 Å². The van der Waals surface area contributed by atoms with Crippen molar-refractivity contribution >= 4 is 5.91 Å². The van der Waals surface area contributed by atoms with E-state index in [1.165, 1.54) is 17.3 Å². The molecule has 0 aliphatic rings. The van der Waals surface area contributed by atoms with Gasteiger partial charge < -0.3 is 5.32 Å². The lowest BCUT2D eigenvalue weighted by atomic mass is 10.1. The van der Waals surface area contributed by atoms with Crippen LogP contribution in [0.25, 0.3) is 0 Å². The van der Waals surface area contributed by atoms with E-state index in [0.717, 1.165) is 0 Å². The first-order chi connectivity index (χ1) is 5.97. The van der Waals surface area contributed by atoms with Gasteiger partial charge in [0.2, 0.25) is 5.91 Å².